The van der Waals surface area contributed by atoms with E-state index in [2.05, 4.69) is 19.9 Å². The number of carbonyl (C=O) groups is 1. The molecule has 0 radical (unpaired) electrons. The van der Waals surface area contributed by atoms with Gasteiger partial charge in [0.25, 0.3) is 0 Å². The van der Waals surface area contributed by atoms with Crippen molar-refractivity contribution in [1.82, 2.24) is 0 Å². The van der Waals surface area contributed by atoms with Gasteiger partial charge in [0.15, 0.2) is 5.52 Å². The summed E-state index contributed by atoms with van der Waals surface area (Å²) in [5, 5.41) is 0.848. The van der Waals surface area contributed by atoms with Gasteiger partial charge < -0.3 is 10.9 Å². The van der Waals surface area contributed by atoms with E-state index < -0.39 is 0 Å². The van der Waals surface area contributed by atoms with Gasteiger partial charge in [-0.1, -0.05) is 42.5 Å². The van der Waals surface area contributed by atoms with Crippen LogP contribution in [0.5, 0.6) is 23.0 Å². The minimum Gasteiger partial charge on any atom is -1.00 e. The molecule has 0 bridgehead atoms. The molecule has 1 unspecified atom stereocenters. The molecule has 0 aromatic heterocycles. The third kappa shape index (κ3) is 5.99. The van der Waals surface area contributed by atoms with Gasteiger partial charge >= 0.3 is 18.9 Å². The molecule has 5 heteroatoms. The average Bonchev–Trinajstić information content (AvgIpc) is 2.81. The van der Waals surface area contributed by atoms with Crippen LogP contribution in [0.15, 0.2) is 84.9 Å². The van der Waals surface area contributed by atoms with Crippen molar-refractivity contribution < 1.29 is 34.6 Å². The van der Waals surface area contributed by atoms with Crippen LogP contribution in [0.4, 0.5) is 0 Å². The number of benzene rings is 4. The molecule has 0 heterocycles. The Hall–Kier alpha value is -2.82. The Morgan fingerprint density at radius 1 is 0.676 bits per heavy atom. The van der Waals surface area contributed by atoms with E-state index in [0.717, 1.165) is 27.7 Å². The molecule has 1 atom stereocenters. The van der Waals surface area contributed by atoms with E-state index in [9.17, 15) is 4.79 Å². The fraction of sp³-hybridized carbons (Fsp3) is 0.138. The van der Waals surface area contributed by atoms with Crippen LogP contribution < -0.4 is 33.6 Å². The average molecular weight is 462 g/mol. The van der Waals surface area contributed by atoms with Gasteiger partial charge in [-0.2, -0.15) is 0 Å². The summed E-state index contributed by atoms with van der Waals surface area (Å²) in [6.07, 6.45) is 0. The third-order valence-corrected chi connectivity index (χ3v) is 6.89. The van der Waals surface area contributed by atoms with E-state index >= 15 is 0 Å². The van der Waals surface area contributed by atoms with E-state index in [4.69, 9.17) is 9.47 Å². The summed E-state index contributed by atoms with van der Waals surface area (Å²) in [7, 11) is -0.0630. The second kappa shape index (κ2) is 11.5. The molecule has 0 spiro atoms. The number of ether oxygens (including phenoxy) is 2. The first-order valence-electron chi connectivity index (χ1n) is 10.9. The van der Waals surface area contributed by atoms with Crippen molar-refractivity contribution in [2.45, 2.75) is 27.7 Å². The zero-order chi connectivity index (χ0) is 23.4. The molecule has 3 nitrogen and oxygen atoms in total. The van der Waals surface area contributed by atoms with Gasteiger partial charge in [-0.15, -0.1) is 0 Å². The van der Waals surface area contributed by atoms with Crippen LogP contribution in [-0.4, -0.2) is 5.52 Å². The standard InChI is InChI=1S/C29H27O3P.Li.H/c1-19-17-20(2)28(22(4)21(19)3)29(30)33-27-16-15-25(31-23-11-7-5-8-12-23)18-26(27)32-24-13-9-6-10-14-24;;/h5-18,33H,1-4H3;;/q;+1;-1. The Balaban J connectivity index is 0.00000216. The molecule has 0 saturated heterocycles. The van der Waals surface area contributed by atoms with Crippen molar-refractivity contribution >= 4 is 19.4 Å². The van der Waals surface area contributed by atoms with Gasteiger partial charge in [0.1, 0.15) is 23.0 Å². The number of carbonyl (C=O) groups excluding carboxylic acids is 1. The van der Waals surface area contributed by atoms with Crippen molar-refractivity contribution in [2.75, 3.05) is 0 Å². The number of hydrogen-bond acceptors (Lipinski definition) is 3. The molecule has 0 N–H and O–H groups in total. The van der Waals surface area contributed by atoms with Crippen molar-refractivity contribution in [1.29, 1.82) is 0 Å². The molecule has 0 amide bonds. The monoisotopic (exact) mass is 462 g/mol. The minimum absolute atomic E-state index is 0. The van der Waals surface area contributed by atoms with E-state index in [-0.39, 0.29) is 34.4 Å². The Kier molecular flexibility index (Phi) is 8.76. The van der Waals surface area contributed by atoms with E-state index in [1.54, 1.807) is 0 Å². The predicted octanol–water partition coefficient (Wildman–Crippen LogP) is 4.77. The topological polar surface area (TPSA) is 35.5 Å². The first kappa shape index (κ1) is 25.8. The quantitative estimate of drug-likeness (QED) is 0.293. The summed E-state index contributed by atoms with van der Waals surface area (Å²) in [6, 6.07) is 27.0. The normalized spacial score (nSPS) is 10.7. The summed E-state index contributed by atoms with van der Waals surface area (Å²) in [6.45, 7) is 8.20. The Labute approximate surface area is 217 Å². The van der Waals surface area contributed by atoms with Gasteiger partial charge in [-0.25, -0.2) is 0 Å². The largest absolute Gasteiger partial charge is 1.00 e. The van der Waals surface area contributed by atoms with Crippen LogP contribution >= 0.6 is 8.58 Å². The van der Waals surface area contributed by atoms with Crippen LogP contribution in [-0.2, 0) is 0 Å². The summed E-state index contributed by atoms with van der Waals surface area (Å²) in [4.78, 5) is 13.4. The van der Waals surface area contributed by atoms with Crippen molar-refractivity contribution in [3.63, 3.8) is 0 Å². The van der Waals surface area contributed by atoms with Crippen LogP contribution in [0.3, 0.4) is 0 Å². The van der Waals surface area contributed by atoms with E-state index in [1.807, 2.05) is 92.7 Å². The summed E-state index contributed by atoms with van der Waals surface area (Å²) in [5.74, 6) is 2.74. The number of hydrogen-bond donors (Lipinski definition) is 0. The first-order chi connectivity index (χ1) is 15.9. The molecule has 4 aromatic carbocycles. The Bertz CT molecular complexity index is 1290. The molecule has 0 aliphatic heterocycles. The van der Waals surface area contributed by atoms with Gasteiger partial charge in [-0.3, -0.25) is 4.79 Å². The molecule has 34 heavy (non-hydrogen) atoms. The molecule has 4 rings (SSSR count). The zero-order valence-electron chi connectivity index (χ0n) is 21.3. The number of rotatable bonds is 7. The molecular weight excluding hydrogens is 434 g/mol. The minimum atomic E-state index is -0.0630. The third-order valence-electron chi connectivity index (χ3n) is 5.73. The molecule has 0 saturated carbocycles. The SMILES string of the molecule is Cc1cc(C)c(C(=O)Pc2ccc(Oc3ccccc3)cc2Oc2ccccc2)c(C)c1C.[H-].[Li+]. The molecule has 0 fully saturated rings. The molecule has 4 aromatic rings. The summed E-state index contributed by atoms with van der Waals surface area (Å²) >= 11 is 0. The fourth-order valence-corrected chi connectivity index (χ4v) is 4.98. The number of aryl methyl sites for hydroxylation is 2. The molecular formula is C29H28LiO3P. The maximum absolute atomic E-state index is 13.4. The van der Waals surface area contributed by atoms with Gasteiger partial charge in [0.2, 0.25) is 0 Å². The smallest absolute Gasteiger partial charge is 1.00 e. The summed E-state index contributed by atoms with van der Waals surface area (Å²) < 4.78 is 12.2. The fourth-order valence-electron chi connectivity index (χ4n) is 3.81. The molecule has 168 valence electrons. The second-order valence-electron chi connectivity index (χ2n) is 8.08. The Morgan fingerprint density at radius 2 is 1.26 bits per heavy atom. The van der Waals surface area contributed by atoms with Gasteiger partial charge in [0, 0.05) is 16.9 Å². The predicted molar refractivity (Wildman–Crippen MR) is 138 cm³/mol. The second-order valence-corrected chi connectivity index (χ2v) is 9.32. The van der Waals surface area contributed by atoms with Gasteiger partial charge in [-0.05, 0) is 94.9 Å². The van der Waals surface area contributed by atoms with Crippen LogP contribution in [0.25, 0.3) is 0 Å². The van der Waals surface area contributed by atoms with E-state index in [1.165, 1.54) is 11.1 Å². The summed E-state index contributed by atoms with van der Waals surface area (Å²) in [5.41, 5.74) is 5.37. The van der Waals surface area contributed by atoms with Crippen LogP contribution in [0.2, 0.25) is 0 Å². The van der Waals surface area contributed by atoms with Crippen LogP contribution in [0, 0.1) is 27.7 Å². The van der Waals surface area contributed by atoms with Gasteiger partial charge in [0.05, 0.1) is 0 Å². The van der Waals surface area contributed by atoms with Crippen molar-refractivity contribution in [3.05, 3.63) is 113 Å². The number of para-hydroxylation sites is 2. The van der Waals surface area contributed by atoms with Crippen molar-refractivity contribution in [3.8, 4) is 23.0 Å². The molecule has 0 aliphatic rings. The van der Waals surface area contributed by atoms with Crippen molar-refractivity contribution in [2.24, 2.45) is 0 Å². The zero-order valence-corrected chi connectivity index (χ0v) is 21.3. The Morgan fingerprint density at radius 3 is 1.88 bits per heavy atom. The van der Waals surface area contributed by atoms with E-state index in [0.29, 0.717) is 17.2 Å². The van der Waals surface area contributed by atoms with Crippen LogP contribution in [0.1, 0.15) is 34.0 Å². The molecule has 0 aliphatic carbocycles. The maximum atomic E-state index is 13.4. The first-order valence-corrected chi connectivity index (χ1v) is 11.9. The maximum Gasteiger partial charge on any atom is 1.00 e.